The lowest BCUT2D eigenvalue weighted by Crippen LogP contribution is -2.12. The van der Waals surface area contributed by atoms with Gasteiger partial charge in [-0.05, 0) is 71.2 Å². The standard InChI is InChI=1S/C46H30N4O/c1-27-39-45-43(31-19-11-12-20-32(31)46(39)51)38-26-24-36(49-38)41(29-15-7-3-8-16-29)34-22-21-33(47-34)40(28-13-5-2-6-14-28)35-23-25-37(48-35)42(44(27)50-45)30-17-9-4-10-18-30/h2-26,47-48H,1H3. The molecule has 3 aromatic heterocycles. The minimum atomic E-state index is -0.0141. The van der Waals surface area contributed by atoms with E-state index in [2.05, 4.69) is 107 Å². The number of nitrogens with one attached hydrogen (secondary N) is 2. The van der Waals surface area contributed by atoms with Crippen LogP contribution in [0.2, 0.25) is 0 Å². The van der Waals surface area contributed by atoms with Gasteiger partial charge in [-0.3, -0.25) is 4.79 Å². The zero-order chi connectivity index (χ0) is 34.1. The predicted molar refractivity (Wildman–Crippen MR) is 208 cm³/mol. The molecule has 0 unspecified atom stereocenters. The lowest BCUT2D eigenvalue weighted by atomic mass is 9.82. The van der Waals surface area contributed by atoms with E-state index in [1.54, 1.807) is 0 Å². The third-order valence-electron chi connectivity index (χ3n) is 10.1. The van der Waals surface area contributed by atoms with E-state index in [1.165, 1.54) is 0 Å². The highest BCUT2D eigenvalue weighted by Crippen LogP contribution is 2.47. The van der Waals surface area contributed by atoms with E-state index < -0.39 is 0 Å². The second-order valence-corrected chi connectivity index (χ2v) is 13.1. The Morgan fingerprint density at radius 2 is 0.882 bits per heavy atom. The lowest BCUT2D eigenvalue weighted by molar-refractivity contribution is 0.105. The van der Waals surface area contributed by atoms with Gasteiger partial charge in [-0.1, -0.05) is 115 Å². The first-order chi connectivity index (χ1) is 25.1. The van der Waals surface area contributed by atoms with Crippen LogP contribution in [0.3, 0.4) is 0 Å². The van der Waals surface area contributed by atoms with Crippen LogP contribution in [0.1, 0.15) is 40.1 Å². The summed E-state index contributed by atoms with van der Waals surface area (Å²) in [6.45, 7) is 2.03. The fraction of sp³-hybridized carbons (Fsp3) is 0.0217. The fourth-order valence-corrected chi connectivity index (χ4v) is 7.82. The largest absolute Gasteiger partial charge is 0.354 e. The third kappa shape index (κ3) is 4.52. The maximum atomic E-state index is 14.4. The topological polar surface area (TPSA) is 74.4 Å². The average Bonchev–Trinajstić information content (AvgIpc) is 4.00. The molecule has 4 aromatic carbocycles. The summed E-state index contributed by atoms with van der Waals surface area (Å²) in [5.74, 6) is -0.0141. The SMILES string of the molecule is CC1=C2C(=O)c3ccccc3-c3c4nc(c(-c5ccccc5)c5ccc([nH]5)c(-c5ccccc5)c5ccc([nH]5)c(-c5ccccc5)c1nc32)C=C4. The summed E-state index contributed by atoms with van der Waals surface area (Å²) in [5.41, 5.74) is 16.9. The van der Waals surface area contributed by atoms with E-state index in [-0.39, 0.29) is 5.78 Å². The highest BCUT2D eigenvalue weighted by molar-refractivity contribution is 6.39. The summed E-state index contributed by atoms with van der Waals surface area (Å²) in [7, 11) is 0. The number of aromatic nitrogens is 4. The fourth-order valence-electron chi connectivity index (χ4n) is 7.82. The van der Waals surface area contributed by atoms with E-state index in [9.17, 15) is 4.79 Å². The van der Waals surface area contributed by atoms with Gasteiger partial charge in [0.25, 0.3) is 0 Å². The van der Waals surface area contributed by atoms with Gasteiger partial charge in [0.05, 0.1) is 28.3 Å². The summed E-state index contributed by atoms with van der Waals surface area (Å²) in [4.78, 5) is 32.8. The number of carbonyl (C=O) groups is 1. The molecule has 0 radical (unpaired) electrons. The van der Waals surface area contributed by atoms with Gasteiger partial charge in [-0.25, -0.2) is 9.97 Å². The molecule has 0 fully saturated rings. The Hall–Kier alpha value is -6.85. The Morgan fingerprint density at radius 1 is 0.431 bits per heavy atom. The van der Waals surface area contributed by atoms with Gasteiger partial charge in [0, 0.05) is 49.9 Å². The number of nitrogens with zero attached hydrogens (tertiary/aromatic N) is 2. The molecule has 5 nitrogen and oxygen atoms in total. The van der Waals surface area contributed by atoms with Crippen LogP contribution in [0.5, 0.6) is 0 Å². The Morgan fingerprint density at radius 3 is 1.47 bits per heavy atom. The summed E-state index contributed by atoms with van der Waals surface area (Å²) in [5, 5.41) is 0. The van der Waals surface area contributed by atoms with E-state index >= 15 is 0 Å². The number of aromatic amines is 2. The van der Waals surface area contributed by atoms with Crippen molar-refractivity contribution in [3.05, 3.63) is 168 Å². The van der Waals surface area contributed by atoms with Crippen molar-refractivity contribution in [1.29, 1.82) is 0 Å². The molecule has 5 heterocycles. The number of benzene rings is 4. The van der Waals surface area contributed by atoms with Crippen molar-refractivity contribution >= 4 is 51.1 Å². The van der Waals surface area contributed by atoms with Crippen LogP contribution < -0.4 is 0 Å². The molecule has 1 aliphatic carbocycles. The van der Waals surface area contributed by atoms with Crippen molar-refractivity contribution in [1.82, 2.24) is 19.9 Å². The molecular weight excluding hydrogens is 625 g/mol. The van der Waals surface area contributed by atoms with Gasteiger partial charge in [-0.15, -0.1) is 0 Å². The Bertz CT molecular complexity index is 2800. The van der Waals surface area contributed by atoms with Gasteiger partial charge in [0.15, 0.2) is 5.78 Å². The maximum Gasteiger partial charge on any atom is 0.196 e. The van der Waals surface area contributed by atoms with E-state index in [4.69, 9.17) is 9.97 Å². The van der Waals surface area contributed by atoms with Gasteiger partial charge >= 0.3 is 0 Å². The van der Waals surface area contributed by atoms with Crippen molar-refractivity contribution in [2.24, 2.45) is 0 Å². The van der Waals surface area contributed by atoms with Crippen molar-refractivity contribution in [3.8, 4) is 44.5 Å². The number of allylic oxidation sites excluding steroid dienone is 2. The van der Waals surface area contributed by atoms with E-state index in [1.807, 2.05) is 61.5 Å². The molecule has 5 heteroatoms. The maximum absolute atomic E-state index is 14.4. The Kier molecular flexibility index (Phi) is 6.48. The molecule has 0 spiro atoms. The molecule has 240 valence electrons. The molecule has 2 aliphatic heterocycles. The molecule has 3 aliphatic rings. The summed E-state index contributed by atoms with van der Waals surface area (Å²) in [6.07, 6.45) is 4.15. The summed E-state index contributed by atoms with van der Waals surface area (Å²) >= 11 is 0. The molecule has 8 bridgehead atoms. The predicted octanol–water partition coefficient (Wildman–Crippen LogP) is 11.3. The normalized spacial score (nSPS) is 13.1. The van der Waals surface area contributed by atoms with Crippen molar-refractivity contribution in [2.45, 2.75) is 6.92 Å². The number of H-pyrrole nitrogens is 2. The van der Waals surface area contributed by atoms with E-state index in [0.29, 0.717) is 16.8 Å². The molecule has 51 heavy (non-hydrogen) atoms. The second kappa shape index (κ2) is 11.4. The van der Waals surface area contributed by atoms with Gasteiger partial charge in [0.1, 0.15) is 0 Å². The first-order valence-electron chi connectivity index (χ1n) is 17.1. The average molecular weight is 655 g/mol. The van der Waals surface area contributed by atoms with Crippen molar-refractivity contribution in [3.63, 3.8) is 0 Å². The zero-order valence-corrected chi connectivity index (χ0v) is 27.7. The summed E-state index contributed by atoms with van der Waals surface area (Å²) in [6, 6.07) is 47.6. The molecule has 0 saturated carbocycles. The quantitative estimate of drug-likeness (QED) is 0.199. The number of carbonyl (C=O) groups excluding carboxylic acids is 1. The van der Waals surface area contributed by atoms with Crippen LogP contribution >= 0.6 is 0 Å². The number of hydrogen-bond acceptors (Lipinski definition) is 3. The first kappa shape index (κ1) is 29.1. The van der Waals surface area contributed by atoms with Crippen molar-refractivity contribution in [2.75, 3.05) is 0 Å². The van der Waals surface area contributed by atoms with Crippen LogP contribution in [0.4, 0.5) is 0 Å². The van der Waals surface area contributed by atoms with Crippen LogP contribution in [-0.4, -0.2) is 25.7 Å². The minimum Gasteiger partial charge on any atom is -0.354 e. The number of Topliss-reactive ketones (excluding diaryl/α,β-unsaturated/α-hetero) is 1. The molecule has 0 amide bonds. The molecule has 0 atom stereocenters. The highest BCUT2D eigenvalue weighted by Gasteiger charge is 2.36. The minimum absolute atomic E-state index is 0.0141. The first-order valence-corrected chi connectivity index (χ1v) is 17.1. The smallest absolute Gasteiger partial charge is 0.196 e. The van der Waals surface area contributed by atoms with Crippen LogP contribution in [0, 0.1) is 0 Å². The van der Waals surface area contributed by atoms with Gasteiger partial charge in [0.2, 0.25) is 0 Å². The van der Waals surface area contributed by atoms with Crippen molar-refractivity contribution < 1.29 is 4.79 Å². The second-order valence-electron chi connectivity index (χ2n) is 13.1. The number of fused-ring (bicyclic) bond motifs is 10. The molecular formula is C46H30N4O. The number of rotatable bonds is 3. The number of hydrogen-bond donors (Lipinski definition) is 2. The molecule has 2 N–H and O–H groups in total. The molecule has 0 saturated heterocycles. The van der Waals surface area contributed by atoms with Gasteiger partial charge < -0.3 is 9.97 Å². The van der Waals surface area contributed by atoms with Crippen LogP contribution in [-0.2, 0) is 0 Å². The van der Waals surface area contributed by atoms with E-state index in [0.717, 1.165) is 89.2 Å². The van der Waals surface area contributed by atoms with Crippen LogP contribution in [0.15, 0.2) is 140 Å². The lowest BCUT2D eigenvalue weighted by Gasteiger charge is -2.18. The number of ketones is 1. The summed E-state index contributed by atoms with van der Waals surface area (Å²) < 4.78 is 0. The molecule has 7 aromatic rings. The molecule has 10 rings (SSSR count). The zero-order valence-electron chi connectivity index (χ0n) is 27.7. The van der Waals surface area contributed by atoms with Gasteiger partial charge in [-0.2, -0.15) is 0 Å². The third-order valence-corrected chi connectivity index (χ3v) is 10.1. The Balaban J connectivity index is 1.45. The Labute approximate surface area is 294 Å². The van der Waals surface area contributed by atoms with Crippen LogP contribution in [0.25, 0.3) is 89.9 Å². The highest BCUT2D eigenvalue weighted by atomic mass is 16.1. The monoisotopic (exact) mass is 654 g/mol.